The van der Waals surface area contributed by atoms with Gasteiger partial charge in [-0.05, 0) is 18.1 Å². The second-order valence-corrected chi connectivity index (χ2v) is 4.40. The smallest absolute Gasteiger partial charge is 0.124 e. The molecule has 0 unspecified atom stereocenters. The number of hydrogen-bond donors (Lipinski definition) is 1. The number of nitrogens with two attached hydrogens (primary N) is 1. The highest BCUT2D eigenvalue weighted by Gasteiger charge is 2.11. The van der Waals surface area contributed by atoms with Crippen LogP contribution in [0, 0.1) is 0 Å². The van der Waals surface area contributed by atoms with E-state index in [4.69, 9.17) is 10.5 Å². The van der Waals surface area contributed by atoms with Gasteiger partial charge >= 0.3 is 0 Å². The Morgan fingerprint density at radius 2 is 1.65 bits per heavy atom. The normalized spacial score (nSPS) is 11.5. The first-order valence-corrected chi connectivity index (χ1v) is 6.38. The van der Waals surface area contributed by atoms with Crippen molar-refractivity contribution < 1.29 is 9.13 Å². The summed E-state index contributed by atoms with van der Waals surface area (Å²) in [5.74, 6) is 0.729. The molecular weight excluding hydrogens is 277 g/mol. The minimum Gasteiger partial charge on any atom is -0.489 e. The SMILES string of the molecule is Cl.N[C@H](CCF)c1ccccc1OCc1ccccc1. The van der Waals surface area contributed by atoms with Crippen LogP contribution in [0.1, 0.15) is 23.6 Å². The van der Waals surface area contributed by atoms with E-state index < -0.39 is 6.67 Å². The fraction of sp³-hybridized carbons (Fsp3) is 0.250. The maximum absolute atomic E-state index is 12.4. The average molecular weight is 296 g/mol. The number of hydrogen-bond acceptors (Lipinski definition) is 2. The van der Waals surface area contributed by atoms with Crippen LogP contribution in [-0.4, -0.2) is 6.67 Å². The molecule has 20 heavy (non-hydrogen) atoms. The Morgan fingerprint density at radius 1 is 1.00 bits per heavy atom. The second kappa shape index (κ2) is 8.56. The summed E-state index contributed by atoms with van der Waals surface area (Å²) < 4.78 is 18.2. The van der Waals surface area contributed by atoms with Crippen LogP contribution < -0.4 is 10.5 Å². The van der Waals surface area contributed by atoms with Crippen molar-refractivity contribution >= 4 is 12.4 Å². The molecule has 2 aromatic rings. The minimum absolute atomic E-state index is 0. The van der Waals surface area contributed by atoms with Crippen molar-refractivity contribution in [2.75, 3.05) is 6.67 Å². The zero-order chi connectivity index (χ0) is 13.5. The Morgan fingerprint density at radius 3 is 2.35 bits per heavy atom. The van der Waals surface area contributed by atoms with E-state index in [1.54, 1.807) is 0 Å². The predicted molar refractivity (Wildman–Crippen MR) is 82.0 cm³/mol. The van der Waals surface area contributed by atoms with Gasteiger partial charge in [-0.25, -0.2) is 0 Å². The van der Waals surface area contributed by atoms with Crippen molar-refractivity contribution in [3.63, 3.8) is 0 Å². The van der Waals surface area contributed by atoms with E-state index in [1.807, 2.05) is 54.6 Å². The first kappa shape index (κ1) is 16.5. The van der Waals surface area contributed by atoms with E-state index in [1.165, 1.54) is 0 Å². The molecule has 108 valence electrons. The molecule has 0 saturated heterocycles. The minimum atomic E-state index is -0.422. The maximum atomic E-state index is 12.4. The number of alkyl halides is 1. The molecule has 0 heterocycles. The molecule has 2 nitrogen and oxygen atoms in total. The lowest BCUT2D eigenvalue weighted by atomic mass is 10.0. The number of ether oxygens (including phenoxy) is 1. The van der Waals surface area contributed by atoms with Crippen molar-refractivity contribution in [3.8, 4) is 5.75 Å². The molecule has 2 rings (SSSR count). The van der Waals surface area contributed by atoms with Gasteiger partial charge in [0.1, 0.15) is 12.4 Å². The van der Waals surface area contributed by atoms with E-state index in [0.717, 1.165) is 16.9 Å². The maximum Gasteiger partial charge on any atom is 0.124 e. The monoisotopic (exact) mass is 295 g/mol. The number of benzene rings is 2. The Hall–Kier alpha value is -1.58. The Bertz CT molecular complexity index is 507. The lowest BCUT2D eigenvalue weighted by Gasteiger charge is -2.16. The molecule has 0 amide bonds. The summed E-state index contributed by atoms with van der Waals surface area (Å²) in [6, 6.07) is 17.1. The van der Waals surface area contributed by atoms with E-state index >= 15 is 0 Å². The summed E-state index contributed by atoms with van der Waals surface area (Å²) >= 11 is 0. The number of halogens is 2. The second-order valence-electron chi connectivity index (χ2n) is 4.40. The van der Waals surface area contributed by atoms with Crippen molar-refractivity contribution in [1.82, 2.24) is 0 Å². The molecule has 0 fully saturated rings. The van der Waals surface area contributed by atoms with Crippen LogP contribution in [0.4, 0.5) is 4.39 Å². The fourth-order valence-corrected chi connectivity index (χ4v) is 1.93. The summed E-state index contributed by atoms with van der Waals surface area (Å²) in [5.41, 5.74) is 7.91. The molecule has 0 spiro atoms. The van der Waals surface area contributed by atoms with Gasteiger partial charge in [0.05, 0.1) is 6.67 Å². The van der Waals surface area contributed by atoms with Crippen LogP contribution in [0.15, 0.2) is 54.6 Å². The van der Waals surface area contributed by atoms with Gasteiger partial charge in [0.15, 0.2) is 0 Å². The van der Waals surface area contributed by atoms with Gasteiger partial charge in [-0.15, -0.1) is 12.4 Å². The molecule has 2 aromatic carbocycles. The van der Waals surface area contributed by atoms with Crippen LogP contribution >= 0.6 is 12.4 Å². The first-order chi connectivity index (χ1) is 9.31. The molecule has 4 heteroatoms. The van der Waals surface area contributed by atoms with Crippen molar-refractivity contribution in [3.05, 3.63) is 65.7 Å². The van der Waals surface area contributed by atoms with Gasteiger partial charge in [-0.2, -0.15) is 0 Å². The summed E-state index contributed by atoms with van der Waals surface area (Å²) in [5, 5.41) is 0. The molecule has 0 aliphatic heterocycles. The molecule has 0 aliphatic rings. The van der Waals surface area contributed by atoms with Crippen molar-refractivity contribution in [2.45, 2.75) is 19.1 Å². The first-order valence-electron chi connectivity index (χ1n) is 6.38. The molecule has 0 aliphatic carbocycles. The van der Waals surface area contributed by atoms with E-state index in [-0.39, 0.29) is 18.4 Å². The number of para-hydroxylation sites is 1. The Balaban J connectivity index is 0.00000200. The molecule has 1 atom stereocenters. The van der Waals surface area contributed by atoms with Gasteiger partial charge in [0, 0.05) is 11.6 Å². The molecule has 2 N–H and O–H groups in total. The third kappa shape index (κ3) is 4.51. The lowest BCUT2D eigenvalue weighted by molar-refractivity contribution is 0.299. The van der Waals surface area contributed by atoms with E-state index in [2.05, 4.69) is 0 Å². The standard InChI is InChI=1S/C16H18FNO.ClH/c17-11-10-15(18)14-8-4-5-9-16(14)19-12-13-6-2-1-3-7-13;/h1-9,15H,10-12,18H2;1H/t15-;/m1./s1. The zero-order valence-electron chi connectivity index (χ0n) is 11.2. The largest absolute Gasteiger partial charge is 0.489 e. The van der Waals surface area contributed by atoms with E-state index in [9.17, 15) is 4.39 Å². The fourth-order valence-electron chi connectivity index (χ4n) is 1.93. The highest BCUT2D eigenvalue weighted by atomic mass is 35.5. The molecule has 0 aromatic heterocycles. The van der Waals surface area contributed by atoms with Gasteiger partial charge in [0.25, 0.3) is 0 Å². The average Bonchev–Trinajstić information content (AvgIpc) is 2.47. The van der Waals surface area contributed by atoms with Gasteiger partial charge in [0.2, 0.25) is 0 Å². The highest BCUT2D eigenvalue weighted by molar-refractivity contribution is 5.85. The zero-order valence-corrected chi connectivity index (χ0v) is 12.0. The highest BCUT2D eigenvalue weighted by Crippen LogP contribution is 2.26. The van der Waals surface area contributed by atoms with Crippen LogP contribution in [0.3, 0.4) is 0 Å². The summed E-state index contributed by atoms with van der Waals surface area (Å²) in [4.78, 5) is 0. The van der Waals surface area contributed by atoms with Crippen LogP contribution in [-0.2, 0) is 6.61 Å². The third-order valence-electron chi connectivity index (χ3n) is 2.98. The summed E-state index contributed by atoms with van der Waals surface area (Å²) in [7, 11) is 0. The Labute approximate surface area is 125 Å². The van der Waals surface area contributed by atoms with Crippen molar-refractivity contribution in [2.24, 2.45) is 5.73 Å². The predicted octanol–water partition coefficient (Wildman–Crippen LogP) is 4.05. The molecular formula is C16H19ClFNO. The quantitative estimate of drug-likeness (QED) is 0.872. The van der Waals surface area contributed by atoms with Crippen LogP contribution in [0.25, 0.3) is 0 Å². The molecule has 0 radical (unpaired) electrons. The van der Waals surface area contributed by atoms with Gasteiger partial charge < -0.3 is 10.5 Å². The topological polar surface area (TPSA) is 35.2 Å². The van der Waals surface area contributed by atoms with E-state index in [0.29, 0.717) is 13.0 Å². The van der Waals surface area contributed by atoms with Crippen LogP contribution in [0.2, 0.25) is 0 Å². The number of rotatable bonds is 6. The molecule has 0 saturated carbocycles. The van der Waals surface area contributed by atoms with Gasteiger partial charge in [-0.1, -0.05) is 48.5 Å². The third-order valence-corrected chi connectivity index (χ3v) is 2.98. The summed E-state index contributed by atoms with van der Waals surface area (Å²) in [6.07, 6.45) is 0.311. The lowest BCUT2D eigenvalue weighted by Crippen LogP contribution is -2.12. The summed E-state index contributed by atoms with van der Waals surface area (Å²) in [6.45, 7) is 0.0639. The van der Waals surface area contributed by atoms with Gasteiger partial charge in [-0.3, -0.25) is 4.39 Å². The van der Waals surface area contributed by atoms with Crippen molar-refractivity contribution in [1.29, 1.82) is 0 Å². The molecule has 0 bridgehead atoms. The Kier molecular flexibility index (Phi) is 7.05. The van der Waals surface area contributed by atoms with Crippen LogP contribution in [0.5, 0.6) is 5.75 Å².